The molecule has 2 fully saturated rings. The Kier molecular flexibility index (Phi) is 4.36. The molecule has 0 radical (unpaired) electrons. The molecule has 4 aliphatic rings. The molecule has 0 spiro atoms. The van der Waals surface area contributed by atoms with Crippen LogP contribution in [-0.2, 0) is 9.59 Å². The summed E-state index contributed by atoms with van der Waals surface area (Å²) in [5.41, 5.74) is 1.81. The van der Waals surface area contributed by atoms with Gasteiger partial charge in [0.1, 0.15) is 0 Å². The number of carboxylic acid groups (broad SMARTS) is 1. The molecule has 4 nitrogen and oxygen atoms in total. The third-order valence-corrected chi connectivity index (χ3v) is 8.30. The van der Waals surface area contributed by atoms with Crippen molar-refractivity contribution in [2.45, 2.75) is 64.3 Å². The van der Waals surface area contributed by atoms with Crippen LogP contribution >= 0.6 is 0 Å². The third-order valence-electron chi connectivity index (χ3n) is 8.30. The molecular weight excluding hydrogens is 338 g/mol. The van der Waals surface area contributed by atoms with Gasteiger partial charge >= 0.3 is 5.97 Å². The Morgan fingerprint density at radius 2 is 2.07 bits per heavy atom. The Labute approximate surface area is 162 Å². The van der Waals surface area contributed by atoms with E-state index in [1.807, 2.05) is 12.2 Å². The van der Waals surface area contributed by atoms with E-state index in [2.05, 4.69) is 31.4 Å². The van der Waals surface area contributed by atoms with Crippen LogP contribution in [0.2, 0.25) is 0 Å². The minimum absolute atomic E-state index is 0.0663. The zero-order valence-corrected chi connectivity index (χ0v) is 16.5. The predicted octanol–water partition coefficient (Wildman–Crippen LogP) is 4.34. The van der Waals surface area contributed by atoms with Crippen LogP contribution in [0.15, 0.2) is 36.0 Å². The Bertz CT molecular complexity index is 751. The van der Waals surface area contributed by atoms with Crippen molar-refractivity contribution in [1.29, 1.82) is 0 Å². The van der Waals surface area contributed by atoms with E-state index in [0.29, 0.717) is 42.7 Å². The highest BCUT2D eigenvalue weighted by Crippen LogP contribution is 2.61. The van der Waals surface area contributed by atoms with Gasteiger partial charge < -0.3 is 10.0 Å². The number of hydrogen-bond acceptors (Lipinski definition) is 2. The highest BCUT2D eigenvalue weighted by atomic mass is 16.4. The van der Waals surface area contributed by atoms with Crippen LogP contribution in [0.3, 0.4) is 0 Å². The van der Waals surface area contributed by atoms with Crippen molar-refractivity contribution in [3.63, 3.8) is 0 Å². The molecule has 5 atom stereocenters. The summed E-state index contributed by atoms with van der Waals surface area (Å²) >= 11 is 0. The number of amides is 1. The average Bonchev–Trinajstić information content (AvgIpc) is 2.63. The van der Waals surface area contributed by atoms with Gasteiger partial charge in [0.25, 0.3) is 0 Å². The second-order valence-electron chi connectivity index (χ2n) is 9.39. The molecule has 1 N–H and O–H groups in total. The van der Waals surface area contributed by atoms with Crippen molar-refractivity contribution < 1.29 is 14.7 Å². The normalized spacial score (nSPS) is 40.9. The summed E-state index contributed by atoms with van der Waals surface area (Å²) in [5, 5.41) is 9.40. The molecule has 1 amide bonds. The van der Waals surface area contributed by atoms with Crippen molar-refractivity contribution in [3.05, 3.63) is 36.0 Å². The van der Waals surface area contributed by atoms with E-state index >= 15 is 0 Å². The fourth-order valence-corrected chi connectivity index (χ4v) is 6.79. The molecule has 3 unspecified atom stereocenters. The fourth-order valence-electron chi connectivity index (χ4n) is 6.79. The minimum atomic E-state index is -0.776. The van der Waals surface area contributed by atoms with E-state index < -0.39 is 5.97 Å². The first-order valence-corrected chi connectivity index (χ1v) is 10.4. The van der Waals surface area contributed by atoms with Crippen LogP contribution in [-0.4, -0.2) is 34.0 Å². The smallest absolute Gasteiger partial charge is 0.331 e. The van der Waals surface area contributed by atoms with Crippen LogP contribution in [0.4, 0.5) is 0 Å². The van der Waals surface area contributed by atoms with Crippen molar-refractivity contribution >= 4 is 11.9 Å². The molecule has 1 aliphatic heterocycles. The van der Waals surface area contributed by atoms with Gasteiger partial charge in [0, 0.05) is 24.1 Å². The van der Waals surface area contributed by atoms with Crippen LogP contribution in [0.5, 0.6) is 0 Å². The third kappa shape index (κ3) is 2.63. The molecule has 27 heavy (non-hydrogen) atoms. The number of piperidine rings is 1. The maximum Gasteiger partial charge on any atom is 0.331 e. The Balaban J connectivity index is 1.68. The number of nitrogens with zero attached hydrogens (tertiary/aromatic N) is 1. The van der Waals surface area contributed by atoms with Crippen LogP contribution < -0.4 is 0 Å². The predicted molar refractivity (Wildman–Crippen MR) is 105 cm³/mol. The number of aliphatic carboxylic acids is 1. The number of rotatable bonds is 3. The molecule has 0 aromatic rings. The fraction of sp³-hybridized carbons (Fsp3) is 0.652. The highest BCUT2D eigenvalue weighted by molar-refractivity contribution is 5.87. The molecule has 1 heterocycles. The molecule has 1 saturated carbocycles. The lowest BCUT2D eigenvalue weighted by Gasteiger charge is -2.61. The Hall–Kier alpha value is -1.84. The second-order valence-corrected chi connectivity index (χ2v) is 9.39. The average molecular weight is 370 g/mol. The number of carbonyl (C=O) groups excluding carboxylic acids is 1. The van der Waals surface area contributed by atoms with E-state index in [9.17, 15) is 14.7 Å². The van der Waals surface area contributed by atoms with E-state index in [-0.39, 0.29) is 16.9 Å². The number of hydrogen-bond donors (Lipinski definition) is 1. The van der Waals surface area contributed by atoms with Crippen LogP contribution in [0.1, 0.15) is 58.8 Å². The summed E-state index contributed by atoms with van der Waals surface area (Å²) in [7, 11) is 0. The van der Waals surface area contributed by atoms with Crippen molar-refractivity contribution in [3.8, 4) is 0 Å². The minimum Gasteiger partial charge on any atom is -0.478 e. The van der Waals surface area contributed by atoms with Gasteiger partial charge in [0.2, 0.25) is 5.91 Å². The summed E-state index contributed by atoms with van der Waals surface area (Å²) in [6.45, 7) is 9.15. The molecule has 146 valence electrons. The van der Waals surface area contributed by atoms with Gasteiger partial charge in [-0.05, 0) is 80.3 Å². The second kappa shape index (κ2) is 6.35. The topological polar surface area (TPSA) is 57.6 Å². The Morgan fingerprint density at radius 3 is 2.78 bits per heavy atom. The van der Waals surface area contributed by atoms with Gasteiger partial charge in [-0.1, -0.05) is 19.1 Å². The van der Waals surface area contributed by atoms with Gasteiger partial charge in [-0.2, -0.15) is 0 Å². The first-order valence-electron chi connectivity index (χ1n) is 10.4. The molecule has 3 aliphatic carbocycles. The van der Waals surface area contributed by atoms with E-state index in [0.717, 1.165) is 32.1 Å². The number of allylic oxidation sites excluding steroid dienone is 3. The SMILES string of the molecule is C=CCN1C(=O)CCC2C3CC=C4C=C(C(=O)O)CC[C@]4(C)C3CC[C@@]21C. The van der Waals surface area contributed by atoms with Crippen molar-refractivity contribution in [1.82, 2.24) is 4.90 Å². The molecule has 0 aromatic carbocycles. The molecular formula is C23H31NO3. The number of carboxylic acids is 1. The van der Waals surface area contributed by atoms with Crippen LogP contribution in [0.25, 0.3) is 0 Å². The van der Waals surface area contributed by atoms with Crippen LogP contribution in [0, 0.1) is 23.2 Å². The monoisotopic (exact) mass is 369 g/mol. The highest BCUT2D eigenvalue weighted by Gasteiger charge is 2.57. The maximum absolute atomic E-state index is 12.6. The lowest BCUT2D eigenvalue weighted by atomic mass is 9.48. The molecule has 0 bridgehead atoms. The van der Waals surface area contributed by atoms with E-state index in [1.54, 1.807) is 0 Å². The number of carbonyl (C=O) groups is 2. The van der Waals surface area contributed by atoms with Gasteiger partial charge in [0.05, 0.1) is 0 Å². The molecule has 4 heteroatoms. The first-order chi connectivity index (χ1) is 12.8. The zero-order chi connectivity index (χ0) is 19.4. The quantitative estimate of drug-likeness (QED) is 0.753. The first kappa shape index (κ1) is 18.5. The van der Waals surface area contributed by atoms with Crippen molar-refractivity contribution in [2.75, 3.05) is 6.54 Å². The number of likely N-dealkylation sites (tertiary alicyclic amines) is 1. The molecule has 1 saturated heterocycles. The molecule has 4 rings (SSSR count). The van der Waals surface area contributed by atoms with E-state index in [4.69, 9.17) is 0 Å². The van der Waals surface area contributed by atoms with Gasteiger partial charge in [-0.15, -0.1) is 6.58 Å². The summed E-state index contributed by atoms with van der Waals surface area (Å²) in [6.07, 6.45) is 12.5. The Morgan fingerprint density at radius 1 is 1.30 bits per heavy atom. The van der Waals surface area contributed by atoms with Gasteiger partial charge in [0.15, 0.2) is 0 Å². The zero-order valence-electron chi connectivity index (χ0n) is 16.5. The molecule has 0 aromatic heterocycles. The maximum atomic E-state index is 12.6. The lowest BCUT2D eigenvalue weighted by molar-refractivity contribution is -0.155. The summed E-state index contributed by atoms with van der Waals surface area (Å²) in [4.78, 5) is 26.1. The van der Waals surface area contributed by atoms with E-state index in [1.165, 1.54) is 5.57 Å². The largest absolute Gasteiger partial charge is 0.478 e. The summed E-state index contributed by atoms with van der Waals surface area (Å²) < 4.78 is 0. The lowest BCUT2D eigenvalue weighted by Crippen LogP contribution is -2.63. The van der Waals surface area contributed by atoms with Gasteiger partial charge in [-0.25, -0.2) is 4.79 Å². The van der Waals surface area contributed by atoms with Crippen molar-refractivity contribution in [2.24, 2.45) is 23.2 Å². The standard InChI is InChI=1S/C23H31NO3/c1-4-13-24-20(25)8-7-19-17-6-5-16-14-15(21(26)27)9-11-22(16,2)18(17)10-12-23(19,24)3/h4-5,14,17-19H,1,6-13H2,2-3H3,(H,26,27)/t17?,18?,19?,22-,23-/m0/s1. The van der Waals surface area contributed by atoms with Gasteiger partial charge in [-0.3, -0.25) is 4.79 Å². The summed E-state index contributed by atoms with van der Waals surface area (Å²) in [6, 6.07) is 0. The summed E-state index contributed by atoms with van der Waals surface area (Å²) in [5.74, 6) is 1.19. The number of fused-ring (bicyclic) bond motifs is 5.